The average Bonchev–Trinajstić information content (AvgIpc) is 2.69. The fourth-order valence-corrected chi connectivity index (χ4v) is 4.36. The molecule has 2 atom stereocenters. The SMILES string of the molecule is CCCN1CC=C2C(C#N)=C(N)C(C#N)(C#N)C(c3c(F)cccc3F)C2C1. The summed E-state index contributed by atoms with van der Waals surface area (Å²) >= 11 is 0. The van der Waals surface area contributed by atoms with Crippen molar-refractivity contribution in [2.45, 2.75) is 19.3 Å². The molecule has 0 radical (unpaired) electrons. The van der Waals surface area contributed by atoms with Crippen molar-refractivity contribution in [2.75, 3.05) is 19.6 Å². The van der Waals surface area contributed by atoms with Gasteiger partial charge in [-0.3, -0.25) is 4.90 Å². The Morgan fingerprint density at radius 1 is 1.21 bits per heavy atom. The Balaban J connectivity index is 2.34. The van der Waals surface area contributed by atoms with Crippen molar-refractivity contribution in [3.05, 3.63) is 58.3 Å². The lowest BCUT2D eigenvalue weighted by Gasteiger charge is -2.45. The normalized spacial score (nSPS) is 23.8. The van der Waals surface area contributed by atoms with Crippen molar-refractivity contribution in [3.63, 3.8) is 0 Å². The van der Waals surface area contributed by atoms with Gasteiger partial charge in [0.25, 0.3) is 0 Å². The second-order valence-corrected chi connectivity index (χ2v) is 7.07. The van der Waals surface area contributed by atoms with Gasteiger partial charge in [0, 0.05) is 30.5 Å². The van der Waals surface area contributed by atoms with Gasteiger partial charge in [-0.25, -0.2) is 8.78 Å². The summed E-state index contributed by atoms with van der Waals surface area (Å²) in [6, 6.07) is 9.23. The van der Waals surface area contributed by atoms with E-state index in [2.05, 4.69) is 4.90 Å². The number of rotatable bonds is 3. The quantitative estimate of drug-likeness (QED) is 0.870. The number of fused-ring (bicyclic) bond motifs is 1. The highest BCUT2D eigenvalue weighted by Gasteiger charge is 2.55. The molecule has 2 unspecified atom stereocenters. The van der Waals surface area contributed by atoms with Gasteiger partial charge in [-0.15, -0.1) is 0 Å². The third-order valence-electron chi connectivity index (χ3n) is 5.59. The van der Waals surface area contributed by atoms with E-state index in [1.807, 2.05) is 31.2 Å². The van der Waals surface area contributed by atoms with E-state index < -0.39 is 28.9 Å². The molecule has 142 valence electrons. The molecule has 7 heteroatoms. The second kappa shape index (κ2) is 7.43. The molecule has 3 rings (SSSR count). The minimum absolute atomic E-state index is 0.0669. The highest BCUT2D eigenvalue weighted by Crippen LogP contribution is 2.54. The summed E-state index contributed by atoms with van der Waals surface area (Å²) in [5.74, 6) is -3.43. The summed E-state index contributed by atoms with van der Waals surface area (Å²) in [7, 11) is 0. The van der Waals surface area contributed by atoms with E-state index in [0.717, 1.165) is 25.1 Å². The fraction of sp³-hybridized carbons (Fsp3) is 0.381. The maximum Gasteiger partial charge on any atom is 0.191 e. The molecular weight excluding hydrogens is 360 g/mol. The smallest absolute Gasteiger partial charge is 0.191 e. The third-order valence-corrected chi connectivity index (χ3v) is 5.59. The number of nitrogens with two attached hydrogens (primary N) is 1. The van der Waals surface area contributed by atoms with Crippen LogP contribution in [0.25, 0.3) is 0 Å². The fourth-order valence-electron chi connectivity index (χ4n) is 4.36. The van der Waals surface area contributed by atoms with E-state index in [1.54, 1.807) is 0 Å². The molecular formula is C21H19F2N5. The van der Waals surface area contributed by atoms with Crippen LogP contribution in [0.5, 0.6) is 0 Å². The maximum absolute atomic E-state index is 14.7. The molecule has 1 aromatic rings. The topological polar surface area (TPSA) is 101 Å². The van der Waals surface area contributed by atoms with Crippen LogP contribution in [-0.4, -0.2) is 24.5 Å². The van der Waals surface area contributed by atoms with Crippen LogP contribution in [-0.2, 0) is 0 Å². The molecule has 0 bridgehead atoms. The number of hydrogen-bond acceptors (Lipinski definition) is 5. The lowest BCUT2D eigenvalue weighted by Crippen LogP contribution is -2.48. The summed E-state index contributed by atoms with van der Waals surface area (Å²) in [6.45, 7) is 3.71. The molecule has 0 amide bonds. The minimum atomic E-state index is -2.04. The Hall–Kier alpha value is -3.21. The molecule has 1 aliphatic carbocycles. The van der Waals surface area contributed by atoms with E-state index in [4.69, 9.17) is 5.73 Å². The molecule has 0 fully saturated rings. The Morgan fingerprint density at radius 2 is 1.86 bits per heavy atom. The molecule has 1 heterocycles. The maximum atomic E-state index is 14.7. The number of hydrogen-bond donors (Lipinski definition) is 1. The predicted octanol–water partition coefficient (Wildman–Crippen LogP) is 3.10. The van der Waals surface area contributed by atoms with Gasteiger partial charge in [0.05, 0.1) is 23.4 Å². The lowest BCUT2D eigenvalue weighted by atomic mass is 9.58. The largest absolute Gasteiger partial charge is 0.399 e. The molecule has 0 saturated carbocycles. The standard InChI is InChI=1S/C21H19F2N5/c1-2-7-28-8-6-13-14(9-24)20(27)21(11-25,12-26)19(15(13)10-28)18-16(22)4-3-5-17(18)23/h3-6,15,19H,2,7-8,10,27H2,1H3. The van der Waals surface area contributed by atoms with Crippen LogP contribution < -0.4 is 5.73 Å². The lowest BCUT2D eigenvalue weighted by molar-refractivity contribution is 0.203. The second-order valence-electron chi connectivity index (χ2n) is 7.07. The number of allylic oxidation sites excluding steroid dienone is 2. The third kappa shape index (κ3) is 2.74. The Labute approximate surface area is 162 Å². The van der Waals surface area contributed by atoms with Crippen LogP contribution >= 0.6 is 0 Å². The van der Waals surface area contributed by atoms with Crippen LogP contribution in [0, 0.1) is 57.0 Å². The van der Waals surface area contributed by atoms with E-state index in [-0.39, 0.29) is 16.8 Å². The number of benzene rings is 1. The van der Waals surface area contributed by atoms with Crippen molar-refractivity contribution in [1.29, 1.82) is 15.8 Å². The van der Waals surface area contributed by atoms with Gasteiger partial charge < -0.3 is 5.73 Å². The van der Waals surface area contributed by atoms with Crippen LogP contribution in [0.1, 0.15) is 24.8 Å². The summed E-state index contributed by atoms with van der Waals surface area (Å²) in [5, 5.41) is 29.5. The predicted molar refractivity (Wildman–Crippen MR) is 97.9 cm³/mol. The Bertz CT molecular complexity index is 955. The Morgan fingerprint density at radius 3 is 2.39 bits per heavy atom. The first-order chi connectivity index (χ1) is 13.4. The average molecular weight is 379 g/mol. The van der Waals surface area contributed by atoms with E-state index in [0.29, 0.717) is 18.7 Å². The van der Waals surface area contributed by atoms with Crippen molar-refractivity contribution >= 4 is 0 Å². The van der Waals surface area contributed by atoms with Gasteiger partial charge in [0.1, 0.15) is 17.7 Å². The van der Waals surface area contributed by atoms with Gasteiger partial charge in [-0.05, 0) is 30.7 Å². The van der Waals surface area contributed by atoms with Crippen molar-refractivity contribution < 1.29 is 8.78 Å². The number of nitriles is 3. The summed E-state index contributed by atoms with van der Waals surface area (Å²) in [6.07, 6.45) is 2.69. The summed E-state index contributed by atoms with van der Waals surface area (Å²) in [5.41, 5.74) is 4.15. The van der Waals surface area contributed by atoms with Gasteiger partial charge in [0.2, 0.25) is 0 Å². The van der Waals surface area contributed by atoms with E-state index in [9.17, 15) is 24.6 Å². The molecule has 0 aromatic heterocycles. The molecule has 28 heavy (non-hydrogen) atoms. The highest BCUT2D eigenvalue weighted by molar-refractivity contribution is 5.59. The highest BCUT2D eigenvalue weighted by atomic mass is 19.1. The Kier molecular flexibility index (Phi) is 5.18. The number of halogens is 2. The minimum Gasteiger partial charge on any atom is -0.399 e. The summed E-state index contributed by atoms with van der Waals surface area (Å²) in [4.78, 5) is 2.08. The van der Waals surface area contributed by atoms with E-state index >= 15 is 0 Å². The molecule has 1 aliphatic heterocycles. The summed E-state index contributed by atoms with van der Waals surface area (Å²) < 4.78 is 29.5. The molecule has 1 aromatic carbocycles. The van der Waals surface area contributed by atoms with Gasteiger partial charge in [0.15, 0.2) is 5.41 Å². The van der Waals surface area contributed by atoms with Gasteiger partial charge >= 0.3 is 0 Å². The van der Waals surface area contributed by atoms with Crippen LogP contribution in [0.3, 0.4) is 0 Å². The van der Waals surface area contributed by atoms with Crippen LogP contribution in [0.2, 0.25) is 0 Å². The molecule has 5 nitrogen and oxygen atoms in total. The van der Waals surface area contributed by atoms with Crippen LogP contribution in [0.15, 0.2) is 41.1 Å². The molecule has 0 spiro atoms. The zero-order valence-corrected chi connectivity index (χ0v) is 15.4. The molecule has 0 saturated heterocycles. The molecule has 2 aliphatic rings. The van der Waals surface area contributed by atoms with Crippen molar-refractivity contribution in [2.24, 2.45) is 17.1 Å². The first-order valence-electron chi connectivity index (χ1n) is 9.04. The van der Waals surface area contributed by atoms with Crippen molar-refractivity contribution in [1.82, 2.24) is 4.90 Å². The van der Waals surface area contributed by atoms with E-state index in [1.165, 1.54) is 6.07 Å². The van der Waals surface area contributed by atoms with Crippen LogP contribution in [0.4, 0.5) is 8.78 Å². The monoisotopic (exact) mass is 379 g/mol. The zero-order valence-electron chi connectivity index (χ0n) is 15.4. The number of nitrogens with zero attached hydrogens (tertiary/aromatic N) is 4. The molecule has 2 N–H and O–H groups in total. The van der Waals surface area contributed by atoms with Gasteiger partial charge in [-0.1, -0.05) is 19.1 Å². The van der Waals surface area contributed by atoms with Crippen molar-refractivity contribution in [3.8, 4) is 18.2 Å². The zero-order chi connectivity index (χ0) is 20.5. The van der Waals surface area contributed by atoms with Gasteiger partial charge in [-0.2, -0.15) is 15.8 Å². The first kappa shape index (κ1) is 19.5. The first-order valence-corrected chi connectivity index (χ1v) is 9.04.